The van der Waals surface area contributed by atoms with Crippen molar-refractivity contribution < 1.29 is 23.4 Å². The Hall–Kier alpha value is -1.73. The van der Waals surface area contributed by atoms with E-state index in [9.17, 15) is 18.7 Å². The van der Waals surface area contributed by atoms with Crippen molar-refractivity contribution in [3.05, 3.63) is 35.4 Å². The highest BCUT2D eigenvalue weighted by molar-refractivity contribution is 5.74. The molecule has 1 fully saturated rings. The van der Waals surface area contributed by atoms with E-state index in [0.717, 1.165) is 12.1 Å². The third-order valence-corrected chi connectivity index (χ3v) is 3.41. The molecule has 1 aromatic rings. The second kappa shape index (κ2) is 6.82. The molecule has 2 amide bonds. The van der Waals surface area contributed by atoms with Crippen LogP contribution >= 0.6 is 0 Å². The first-order valence-corrected chi connectivity index (χ1v) is 6.75. The van der Waals surface area contributed by atoms with E-state index >= 15 is 0 Å². The molecule has 0 aromatic heterocycles. The first kappa shape index (κ1) is 15.7. The first-order chi connectivity index (χ1) is 9.99. The minimum Gasteiger partial charge on any atom is -0.386 e. The van der Waals surface area contributed by atoms with Crippen LogP contribution in [0.25, 0.3) is 0 Å². The molecule has 2 rings (SSSR count). The van der Waals surface area contributed by atoms with Crippen LogP contribution in [0.2, 0.25) is 0 Å². The monoisotopic (exact) mass is 300 g/mol. The van der Waals surface area contributed by atoms with Gasteiger partial charge in [0.25, 0.3) is 0 Å². The van der Waals surface area contributed by atoms with E-state index in [1.165, 1.54) is 6.07 Å². The van der Waals surface area contributed by atoms with Crippen LogP contribution in [0.3, 0.4) is 0 Å². The number of benzene rings is 1. The molecule has 0 saturated carbocycles. The molecule has 21 heavy (non-hydrogen) atoms. The van der Waals surface area contributed by atoms with E-state index in [0.29, 0.717) is 26.3 Å². The van der Waals surface area contributed by atoms with Crippen LogP contribution in [0.15, 0.2) is 18.2 Å². The Labute approximate surface area is 121 Å². The maximum atomic E-state index is 13.2. The Morgan fingerprint density at radius 2 is 2.00 bits per heavy atom. The van der Waals surface area contributed by atoms with Crippen molar-refractivity contribution in [3.8, 4) is 0 Å². The molecule has 5 nitrogen and oxygen atoms in total. The predicted octanol–water partition coefficient (Wildman–Crippen LogP) is 1.43. The van der Waals surface area contributed by atoms with Crippen LogP contribution in [0.1, 0.15) is 18.6 Å². The zero-order valence-electron chi connectivity index (χ0n) is 11.7. The van der Waals surface area contributed by atoms with E-state index < -0.39 is 23.8 Å². The number of morpholine rings is 1. The molecule has 0 aliphatic carbocycles. The number of aliphatic hydroxyl groups is 1. The van der Waals surface area contributed by atoms with Gasteiger partial charge in [-0.15, -0.1) is 0 Å². The molecule has 1 saturated heterocycles. The molecule has 2 atom stereocenters. The normalized spacial score (nSPS) is 18.2. The Morgan fingerprint density at radius 1 is 1.33 bits per heavy atom. The van der Waals surface area contributed by atoms with Gasteiger partial charge >= 0.3 is 6.03 Å². The summed E-state index contributed by atoms with van der Waals surface area (Å²) in [5.74, 6) is -2.01. The number of halogens is 2. The lowest BCUT2D eigenvalue weighted by Crippen LogP contribution is -2.49. The number of urea groups is 1. The molecule has 1 aliphatic heterocycles. The van der Waals surface area contributed by atoms with Gasteiger partial charge in [0, 0.05) is 13.1 Å². The largest absolute Gasteiger partial charge is 0.386 e. The number of nitrogens with zero attached hydrogens (tertiary/aromatic N) is 1. The Morgan fingerprint density at radius 3 is 2.62 bits per heavy atom. The highest BCUT2D eigenvalue weighted by atomic mass is 19.2. The van der Waals surface area contributed by atoms with Crippen molar-refractivity contribution in [2.45, 2.75) is 19.1 Å². The van der Waals surface area contributed by atoms with E-state index in [1.54, 1.807) is 11.8 Å². The van der Waals surface area contributed by atoms with Gasteiger partial charge in [0.1, 0.15) is 0 Å². The molecule has 1 heterocycles. The molecule has 2 unspecified atom stereocenters. The molecule has 116 valence electrons. The van der Waals surface area contributed by atoms with Crippen LogP contribution in [-0.2, 0) is 4.74 Å². The summed E-state index contributed by atoms with van der Waals surface area (Å²) in [6, 6.07) is 2.22. The summed E-state index contributed by atoms with van der Waals surface area (Å²) < 4.78 is 31.2. The van der Waals surface area contributed by atoms with E-state index in [4.69, 9.17) is 4.74 Å². The van der Waals surface area contributed by atoms with Gasteiger partial charge in [-0.1, -0.05) is 6.07 Å². The van der Waals surface area contributed by atoms with Crippen LogP contribution in [0.4, 0.5) is 13.6 Å². The SMILES string of the molecule is CC(NC(=O)N1CCOCC1)C(O)c1ccc(F)c(F)c1. The highest BCUT2D eigenvalue weighted by Gasteiger charge is 2.23. The maximum Gasteiger partial charge on any atom is 0.317 e. The number of carbonyl (C=O) groups is 1. The minimum atomic E-state index is -1.12. The van der Waals surface area contributed by atoms with Gasteiger partial charge < -0.3 is 20.1 Å². The molecule has 0 radical (unpaired) electrons. The zero-order chi connectivity index (χ0) is 15.4. The van der Waals surface area contributed by atoms with E-state index in [-0.39, 0.29) is 11.6 Å². The van der Waals surface area contributed by atoms with Crippen molar-refractivity contribution in [2.24, 2.45) is 0 Å². The Bertz CT molecular complexity index is 507. The summed E-state index contributed by atoms with van der Waals surface area (Å²) in [4.78, 5) is 13.6. The average molecular weight is 300 g/mol. The van der Waals surface area contributed by atoms with Crippen molar-refractivity contribution in [2.75, 3.05) is 26.3 Å². The van der Waals surface area contributed by atoms with Gasteiger partial charge in [-0.2, -0.15) is 0 Å². The number of nitrogens with one attached hydrogen (secondary N) is 1. The molecule has 2 N–H and O–H groups in total. The average Bonchev–Trinajstić information content (AvgIpc) is 2.50. The predicted molar refractivity (Wildman–Crippen MR) is 71.7 cm³/mol. The summed E-state index contributed by atoms with van der Waals surface area (Å²) in [6.07, 6.45) is -1.12. The number of ether oxygens (including phenoxy) is 1. The van der Waals surface area contributed by atoms with Gasteiger partial charge in [0.15, 0.2) is 11.6 Å². The fraction of sp³-hybridized carbons (Fsp3) is 0.500. The summed E-state index contributed by atoms with van der Waals surface area (Å²) in [6.45, 7) is 3.53. The van der Waals surface area contributed by atoms with E-state index in [2.05, 4.69) is 5.32 Å². The van der Waals surface area contributed by atoms with Crippen molar-refractivity contribution in [1.29, 1.82) is 0 Å². The number of carbonyl (C=O) groups excluding carboxylic acids is 1. The van der Waals surface area contributed by atoms with Gasteiger partial charge in [-0.25, -0.2) is 13.6 Å². The van der Waals surface area contributed by atoms with Crippen molar-refractivity contribution in [3.63, 3.8) is 0 Å². The van der Waals surface area contributed by atoms with Crippen molar-refractivity contribution in [1.82, 2.24) is 10.2 Å². The zero-order valence-corrected chi connectivity index (χ0v) is 11.7. The second-order valence-electron chi connectivity index (χ2n) is 4.96. The molecule has 0 bridgehead atoms. The standard InChI is InChI=1S/C14H18F2N2O3/c1-9(17-14(20)18-4-6-21-7-5-18)13(19)10-2-3-11(15)12(16)8-10/h2-3,8-9,13,19H,4-7H2,1H3,(H,17,20). The second-order valence-corrected chi connectivity index (χ2v) is 4.96. The van der Waals surface area contributed by atoms with Crippen molar-refractivity contribution >= 4 is 6.03 Å². The fourth-order valence-electron chi connectivity index (χ4n) is 2.12. The van der Waals surface area contributed by atoms with Gasteiger partial charge in [-0.3, -0.25) is 0 Å². The highest BCUT2D eigenvalue weighted by Crippen LogP contribution is 2.19. The maximum absolute atomic E-state index is 13.2. The van der Waals surface area contributed by atoms with E-state index in [1.807, 2.05) is 0 Å². The number of hydrogen-bond acceptors (Lipinski definition) is 3. The summed E-state index contributed by atoms with van der Waals surface area (Å²) in [7, 11) is 0. The third kappa shape index (κ3) is 3.89. The molecular weight excluding hydrogens is 282 g/mol. The molecule has 7 heteroatoms. The lowest BCUT2D eigenvalue weighted by atomic mass is 10.0. The van der Waals surface area contributed by atoms with Crippen LogP contribution in [0.5, 0.6) is 0 Å². The third-order valence-electron chi connectivity index (χ3n) is 3.41. The van der Waals surface area contributed by atoms with Crippen LogP contribution in [0, 0.1) is 11.6 Å². The van der Waals surface area contributed by atoms with Crippen LogP contribution in [-0.4, -0.2) is 48.4 Å². The number of aliphatic hydroxyl groups excluding tert-OH is 1. The number of rotatable bonds is 3. The topological polar surface area (TPSA) is 61.8 Å². The quantitative estimate of drug-likeness (QED) is 0.887. The Balaban J connectivity index is 1.96. The summed E-state index contributed by atoms with van der Waals surface area (Å²) in [5.41, 5.74) is 0.212. The van der Waals surface area contributed by atoms with Gasteiger partial charge in [-0.05, 0) is 24.6 Å². The summed E-state index contributed by atoms with van der Waals surface area (Å²) in [5, 5.41) is 12.8. The number of hydrogen-bond donors (Lipinski definition) is 2. The smallest absolute Gasteiger partial charge is 0.317 e. The molecule has 1 aliphatic rings. The van der Waals surface area contributed by atoms with Crippen LogP contribution < -0.4 is 5.32 Å². The lowest BCUT2D eigenvalue weighted by molar-refractivity contribution is 0.0501. The molecular formula is C14H18F2N2O3. The lowest BCUT2D eigenvalue weighted by Gasteiger charge is -2.29. The Kier molecular flexibility index (Phi) is 5.08. The van der Waals surface area contributed by atoms with Gasteiger partial charge in [0.05, 0.1) is 25.4 Å². The van der Waals surface area contributed by atoms with Gasteiger partial charge in [0.2, 0.25) is 0 Å². The fourth-order valence-corrected chi connectivity index (χ4v) is 2.12. The molecule has 0 spiro atoms. The minimum absolute atomic E-state index is 0.212. The molecule has 1 aromatic carbocycles. The number of amides is 2. The summed E-state index contributed by atoms with van der Waals surface area (Å²) >= 11 is 0. The first-order valence-electron chi connectivity index (χ1n) is 6.75.